The van der Waals surface area contributed by atoms with Crippen LogP contribution in [0.15, 0.2) is 24.3 Å². The van der Waals surface area contributed by atoms with Crippen molar-refractivity contribution in [1.29, 1.82) is 0 Å². The Kier molecular flexibility index (Phi) is 6.17. The van der Waals surface area contributed by atoms with E-state index in [1.165, 1.54) is 0 Å². The summed E-state index contributed by atoms with van der Waals surface area (Å²) in [7, 11) is 0. The van der Waals surface area contributed by atoms with E-state index in [0.717, 1.165) is 44.7 Å². The summed E-state index contributed by atoms with van der Waals surface area (Å²) in [5.74, 6) is -0.267. The highest BCUT2D eigenvalue weighted by Gasteiger charge is 2.36. The topological polar surface area (TPSA) is 67.9 Å². The number of ether oxygens (including phenoxy) is 2. The summed E-state index contributed by atoms with van der Waals surface area (Å²) < 4.78 is 11.0. The van der Waals surface area contributed by atoms with Crippen LogP contribution >= 0.6 is 0 Å². The van der Waals surface area contributed by atoms with Crippen LogP contribution in [-0.4, -0.2) is 55.2 Å². The molecule has 0 bridgehead atoms. The number of hydrogen-bond donors (Lipinski definition) is 1. The monoisotopic (exact) mass is 374 g/mol. The molecular formula is C21H30N2O4. The molecule has 6 heteroatoms. The van der Waals surface area contributed by atoms with Crippen LogP contribution in [0.4, 0.5) is 0 Å². The maximum atomic E-state index is 12.3. The minimum absolute atomic E-state index is 0.00536. The van der Waals surface area contributed by atoms with E-state index < -0.39 is 5.41 Å². The highest BCUT2D eigenvalue weighted by molar-refractivity contribution is 5.89. The van der Waals surface area contributed by atoms with Crippen LogP contribution in [0.3, 0.4) is 0 Å². The number of nitrogens with one attached hydrogen (secondary N) is 1. The van der Waals surface area contributed by atoms with Gasteiger partial charge in [-0.05, 0) is 17.7 Å². The molecule has 27 heavy (non-hydrogen) atoms. The summed E-state index contributed by atoms with van der Waals surface area (Å²) in [6, 6.07) is 7.76. The van der Waals surface area contributed by atoms with Gasteiger partial charge in [0.05, 0.1) is 18.8 Å². The minimum atomic E-state index is -0.411. The third-order valence-corrected chi connectivity index (χ3v) is 5.23. The van der Waals surface area contributed by atoms with Crippen LogP contribution in [0, 0.1) is 5.41 Å². The normalized spacial score (nSPS) is 23.4. The lowest BCUT2D eigenvalue weighted by Crippen LogP contribution is -2.52. The van der Waals surface area contributed by atoms with Gasteiger partial charge >= 0.3 is 5.97 Å². The summed E-state index contributed by atoms with van der Waals surface area (Å²) in [6.45, 7) is 9.63. The third-order valence-electron chi connectivity index (χ3n) is 5.23. The fourth-order valence-electron chi connectivity index (χ4n) is 3.30. The quantitative estimate of drug-likeness (QED) is 0.802. The summed E-state index contributed by atoms with van der Waals surface area (Å²) in [5.41, 5.74) is 1.10. The lowest BCUT2D eigenvalue weighted by molar-refractivity contribution is -0.128. The first-order valence-corrected chi connectivity index (χ1v) is 9.73. The van der Waals surface area contributed by atoms with E-state index in [0.29, 0.717) is 18.2 Å². The predicted octanol–water partition coefficient (Wildman–Crippen LogP) is 2.37. The first-order valence-electron chi connectivity index (χ1n) is 9.73. The van der Waals surface area contributed by atoms with Gasteiger partial charge in [0.25, 0.3) is 0 Å². The summed E-state index contributed by atoms with van der Waals surface area (Å²) >= 11 is 0. The number of amides is 1. The van der Waals surface area contributed by atoms with Crippen LogP contribution in [0.1, 0.15) is 49.5 Å². The van der Waals surface area contributed by atoms with Crippen LogP contribution in [-0.2, 0) is 20.8 Å². The van der Waals surface area contributed by atoms with E-state index >= 15 is 0 Å². The van der Waals surface area contributed by atoms with Crippen molar-refractivity contribution in [3.8, 4) is 0 Å². The Bertz CT molecular complexity index is 654. The Balaban J connectivity index is 1.42. The zero-order valence-corrected chi connectivity index (χ0v) is 16.5. The molecule has 0 atom stereocenters. The average Bonchev–Trinajstić information content (AvgIpc) is 2.62. The maximum absolute atomic E-state index is 12.3. The molecule has 1 saturated carbocycles. The molecule has 1 aliphatic heterocycles. The number of hydrogen-bond acceptors (Lipinski definition) is 5. The van der Waals surface area contributed by atoms with E-state index in [-0.39, 0.29) is 18.0 Å². The van der Waals surface area contributed by atoms with Crippen molar-refractivity contribution in [1.82, 2.24) is 10.2 Å². The summed E-state index contributed by atoms with van der Waals surface area (Å²) in [5, 5.41) is 2.91. The average molecular weight is 374 g/mol. The molecule has 2 fully saturated rings. The molecule has 1 aromatic carbocycles. The van der Waals surface area contributed by atoms with Crippen molar-refractivity contribution in [3.05, 3.63) is 35.4 Å². The minimum Gasteiger partial charge on any atom is -0.459 e. The lowest BCUT2D eigenvalue weighted by atomic mass is 9.87. The molecule has 0 radical (unpaired) electrons. The van der Waals surface area contributed by atoms with Gasteiger partial charge in [-0.2, -0.15) is 0 Å². The Labute approximate surface area is 161 Å². The first-order chi connectivity index (χ1) is 12.8. The number of nitrogens with zero attached hydrogens (tertiary/aromatic N) is 1. The molecule has 1 saturated heterocycles. The first kappa shape index (κ1) is 19.8. The Morgan fingerprint density at radius 3 is 2.37 bits per heavy atom. The number of carbonyl (C=O) groups excluding carboxylic acids is 2. The molecular weight excluding hydrogens is 344 g/mol. The SMILES string of the molecule is CC(C)(C)C(=O)NCc1ccc(C(=O)OC2CC(N3CCOCC3)C2)cc1. The molecule has 0 aromatic heterocycles. The number of esters is 1. The standard InChI is InChI=1S/C21H30N2O4/c1-21(2,3)20(25)22-14-15-4-6-16(7-5-15)19(24)27-18-12-17(13-18)23-8-10-26-11-9-23/h4-7,17-18H,8-14H2,1-3H3,(H,22,25). The van der Waals surface area contributed by atoms with Gasteiger partial charge in [0.15, 0.2) is 0 Å². The van der Waals surface area contributed by atoms with Crippen LogP contribution in [0.2, 0.25) is 0 Å². The highest BCUT2D eigenvalue weighted by Crippen LogP contribution is 2.29. The fraction of sp³-hybridized carbons (Fsp3) is 0.619. The number of carbonyl (C=O) groups is 2. The van der Waals surface area contributed by atoms with Gasteiger partial charge in [0.2, 0.25) is 5.91 Å². The largest absolute Gasteiger partial charge is 0.459 e. The maximum Gasteiger partial charge on any atom is 0.338 e. The van der Waals surface area contributed by atoms with Gasteiger partial charge < -0.3 is 14.8 Å². The van der Waals surface area contributed by atoms with E-state index in [9.17, 15) is 9.59 Å². The predicted molar refractivity (Wildman–Crippen MR) is 102 cm³/mol. The lowest BCUT2D eigenvalue weighted by Gasteiger charge is -2.43. The van der Waals surface area contributed by atoms with Gasteiger partial charge in [-0.25, -0.2) is 4.79 Å². The molecule has 1 heterocycles. The van der Waals surface area contributed by atoms with Crippen LogP contribution in [0.25, 0.3) is 0 Å². The Morgan fingerprint density at radius 2 is 1.78 bits per heavy atom. The molecule has 148 valence electrons. The molecule has 0 unspecified atom stereocenters. The Morgan fingerprint density at radius 1 is 1.15 bits per heavy atom. The third kappa shape index (κ3) is 5.30. The zero-order chi connectivity index (χ0) is 19.4. The molecule has 1 aliphatic carbocycles. The van der Waals surface area contributed by atoms with Crippen molar-refractivity contribution in [2.45, 2.75) is 52.3 Å². The van der Waals surface area contributed by atoms with E-state index in [1.807, 2.05) is 32.9 Å². The van der Waals surface area contributed by atoms with Gasteiger partial charge in [-0.3, -0.25) is 9.69 Å². The van der Waals surface area contributed by atoms with Crippen molar-refractivity contribution in [3.63, 3.8) is 0 Å². The summed E-state index contributed by atoms with van der Waals surface area (Å²) in [6.07, 6.45) is 1.82. The molecule has 6 nitrogen and oxygen atoms in total. The van der Waals surface area contributed by atoms with Gasteiger partial charge in [-0.1, -0.05) is 32.9 Å². The fourth-order valence-corrected chi connectivity index (χ4v) is 3.30. The Hall–Kier alpha value is -1.92. The second-order valence-corrected chi connectivity index (χ2v) is 8.43. The van der Waals surface area contributed by atoms with Crippen molar-refractivity contribution < 1.29 is 19.1 Å². The highest BCUT2D eigenvalue weighted by atomic mass is 16.5. The summed E-state index contributed by atoms with van der Waals surface area (Å²) in [4.78, 5) is 26.7. The van der Waals surface area contributed by atoms with Crippen molar-refractivity contribution in [2.24, 2.45) is 5.41 Å². The van der Waals surface area contributed by atoms with Gasteiger partial charge in [0.1, 0.15) is 6.10 Å². The van der Waals surface area contributed by atoms with Crippen LogP contribution < -0.4 is 5.32 Å². The molecule has 1 N–H and O–H groups in total. The van der Waals surface area contributed by atoms with Gasteiger partial charge in [-0.15, -0.1) is 0 Å². The second kappa shape index (κ2) is 8.40. The van der Waals surface area contributed by atoms with Crippen molar-refractivity contribution in [2.75, 3.05) is 26.3 Å². The number of morpholine rings is 1. The van der Waals surface area contributed by atoms with E-state index in [1.54, 1.807) is 12.1 Å². The van der Waals surface area contributed by atoms with Crippen LogP contribution in [0.5, 0.6) is 0 Å². The molecule has 1 amide bonds. The molecule has 0 spiro atoms. The molecule has 1 aromatic rings. The number of rotatable bonds is 5. The zero-order valence-electron chi connectivity index (χ0n) is 16.5. The smallest absolute Gasteiger partial charge is 0.338 e. The second-order valence-electron chi connectivity index (χ2n) is 8.43. The van der Waals surface area contributed by atoms with Gasteiger partial charge in [0, 0.05) is 43.9 Å². The van der Waals surface area contributed by atoms with E-state index in [4.69, 9.17) is 9.47 Å². The van der Waals surface area contributed by atoms with E-state index in [2.05, 4.69) is 10.2 Å². The molecule has 3 rings (SSSR count). The molecule has 2 aliphatic rings. The van der Waals surface area contributed by atoms with Crippen molar-refractivity contribution >= 4 is 11.9 Å². The number of benzene rings is 1.